The van der Waals surface area contributed by atoms with E-state index in [0.29, 0.717) is 11.3 Å². The Morgan fingerprint density at radius 1 is 1.19 bits per heavy atom. The number of carbonyl (C=O) groups is 2. The molecule has 0 fully saturated rings. The van der Waals surface area contributed by atoms with Gasteiger partial charge >= 0.3 is 5.97 Å². The Morgan fingerprint density at radius 2 is 1.76 bits per heavy atom. The van der Waals surface area contributed by atoms with Crippen molar-refractivity contribution in [1.29, 1.82) is 0 Å². The van der Waals surface area contributed by atoms with Crippen molar-refractivity contribution >= 4 is 27.8 Å². The summed E-state index contributed by atoms with van der Waals surface area (Å²) in [7, 11) is 0.333. The molecule has 0 bridgehead atoms. The molecular weight excluding hydrogens is 298 g/mol. The lowest BCUT2D eigenvalue weighted by Crippen LogP contribution is -2.40. The summed E-state index contributed by atoms with van der Waals surface area (Å²) in [5, 5.41) is 2.50. The van der Waals surface area contributed by atoms with Crippen molar-refractivity contribution in [2.75, 3.05) is 33.1 Å². The molecule has 8 nitrogen and oxygen atoms in total. The molecule has 0 radical (unpaired) electrons. The monoisotopic (exact) mass is 315 g/mol. The van der Waals surface area contributed by atoms with E-state index in [1.165, 1.54) is 45.5 Å². The molecule has 0 saturated heterocycles. The van der Waals surface area contributed by atoms with Gasteiger partial charge in [-0.1, -0.05) is 0 Å². The summed E-state index contributed by atoms with van der Waals surface area (Å²) in [4.78, 5) is 22.8. The number of rotatable bonds is 6. The van der Waals surface area contributed by atoms with Crippen LogP contribution in [0.25, 0.3) is 0 Å². The van der Waals surface area contributed by atoms with Crippen molar-refractivity contribution in [3.63, 3.8) is 0 Å². The molecule has 1 rings (SSSR count). The molecule has 1 amide bonds. The Kier molecular flexibility index (Phi) is 5.82. The van der Waals surface area contributed by atoms with Crippen LogP contribution in [-0.4, -0.2) is 52.3 Å². The predicted molar refractivity (Wildman–Crippen MR) is 77.0 cm³/mol. The summed E-state index contributed by atoms with van der Waals surface area (Å²) in [5.41, 5.74) is 0.792. The quantitative estimate of drug-likeness (QED) is 0.708. The number of anilines is 1. The minimum absolute atomic E-state index is 0.351. The standard InChI is InChI=1S/C12H17N3O5S/c1-15(2)21(18,19)13-8-11(16)14-10-6-4-9(5-7-10)12(17)20-3/h4-7,13H,8H2,1-3H3,(H,14,16). The second kappa shape index (κ2) is 7.16. The summed E-state index contributed by atoms with van der Waals surface area (Å²) in [6.45, 7) is -0.390. The molecule has 0 atom stereocenters. The van der Waals surface area contributed by atoms with E-state index in [1.54, 1.807) is 0 Å². The highest BCUT2D eigenvalue weighted by molar-refractivity contribution is 7.87. The number of hydrogen-bond acceptors (Lipinski definition) is 5. The van der Waals surface area contributed by atoms with E-state index in [2.05, 4.69) is 14.8 Å². The number of ether oxygens (including phenoxy) is 1. The van der Waals surface area contributed by atoms with Crippen LogP contribution in [0, 0.1) is 0 Å². The van der Waals surface area contributed by atoms with Crippen LogP contribution < -0.4 is 10.0 Å². The zero-order valence-electron chi connectivity index (χ0n) is 11.9. The molecule has 0 spiro atoms. The second-order valence-corrected chi connectivity index (χ2v) is 6.19. The van der Waals surface area contributed by atoms with Crippen molar-refractivity contribution in [2.45, 2.75) is 0 Å². The first kappa shape index (κ1) is 17.1. The minimum atomic E-state index is -3.65. The van der Waals surface area contributed by atoms with Gasteiger partial charge in [-0.05, 0) is 24.3 Å². The van der Waals surface area contributed by atoms with Crippen LogP contribution in [0.2, 0.25) is 0 Å². The molecule has 0 aliphatic heterocycles. The van der Waals surface area contributed by atoms with Gasteiger partial charge in [0.2, 0.25) is 5.91 Å². The zero-order valence-corrected chi connectivity index (χ0v) is 12.7. The van der Waals surface area contributed by atoms with Crippen LogP contribution in [0.5, 0.6) is 0 Å². The SMILES string of the molecule is COC(=O)c1ccc(NC(=O)CNS(=O)(=O)N(C)C)cc1. The topological polar surface area (TPSA) is 105 Å². The second-order valence-electron chi connectivity index (χ2n) is 4.23. The average Bonchev–Trinajstić information content (AvgIpc) is 2.45. The predicted octanol–water partition coefficient (Wildman–Crippen LogP) is -0.192. The van der Waals surface area contributed by atoms with E-state index >= 15 is 0 Å². The van der Waals surface area contributed by atoms with Crippen LogP contribution in [0.3, 0.4) is 0 Å². The molecule has 1 aromatic carbocycles. The number of carbonyl (C=O) groups excluding carboxylic acids is 2. The van der Waals surface area contributed by atoms with Crippen LogP contribution in [0.4, 0.5) is 5.69 Å². The maximum absolute atomic E-state index is 11.6. The third-order valence-electron chi connectivity index (χ3n) is 2.49. The van der Waals surface area contributed by atoms with E-state index in [0.717, 1.165) is 4.31 Å². The lowest BCUT2D eigenvalue weighted by molar-refractivity contribution is -0.115. The first-order valence-electron chi connectivity index (χ1n) is 5.91. The largest absolute Gasteiger partial charge is 0.465 e. The van der Waals surface area contributed by atoms with Gasteiger partial charge in [-0.25, -0.2) is 4.79 Å². The van der Waals surface area contributed by atoms with Crippen molar-refractivity contribution in [3.05, 3.63) is 29.8 Å². The van der Waals surface area contributed by atoms with Gasteiger partial charge in [-0.15, -0.1) is 0 Å². The van der Waals surface area contributed by atoms with E-state index in [9.17, 15) is 18.0 Å². The van der Waals surface area contributed by atoms with Crippen LogP contribution in [0.15, 0.2) is 24.3 Å². The van der Waals surface area contributed by atoms with Gasteiger partial charge in [0.15, 0.2) is 0 Å². The minimum Gasteiger partial charge on any atom is -0.465 e. The number of nitrogens with zero attached hydrogens (tertiary/aromatic N) is 1. The van der Waals surface area contributed by atoms with Crippen molar-refractivity contribution in [3.8, 4) is 0 Å². The third-order valence-corrected chi connectivity index (χ3v) is 3.96. The summed E-state index contributed by atoms with van der Waals surface area (Å²) >= 11 is 0. The fourth-order valence-corrected chi connectivity index (χ4v) is 1.87. The third kappa shape index (κ3) is 5.14. The highest BCUT2D eigenvalue weighted by Crippen LogP contribution is 2.10. The lowest BCUT2D eigenvalue weighted by Gasteiger charge is -2.12. The normalized spacial score (nSPS) is 11.2. The Labute approximate surface area is 123 Å². The molecule has 0 saturated carbocycles. The molecule has 21 heavy (non-hydrogen) atoms. The molecule has 0 aliphatic carbocycles. The van der Waals surface area contributed by atoms with Crippen LogP contribution in [0.1, 0.15) is 10.4 Å². The summed E-state index contributed by atoms with van der Waals surface area (Å²) in [6, 6.07) is 6.02. The van der Waals surface area contributed by atoms with Gasteiger partial charge in [0.1, 0.15) is 0 Å². The van der Waals surface area contributed by atoms with E-state index in [-0.39, 0.29) is 6.54 Å². The van der Waals surface area contributed by atoms with E-state index in [1.807, 2.05) is 0 Å². The average molecular weight is 315 g/mol. The molecule has 1 aromatic rings. The molecule has 0 aliphatic rings. The maximum atomic E-state index is 11.6. The van der Waals surface area contributed by atoms with Gasteiger partial charge in [-0.2, -0.15) is 17.4 Å². The summed E-state index contributed by atoms with van der Waals surface area (Å²) in [6.07, 6.45) is 0. The van der Waals surface area contributed by atoms with Gasteiger partial charge in [0.25, 0.3) is 10.2 Å². The van der Waals surface area contributed by atoms with Crippen molar-refractivity contribution in [2.24, 2.45) is 0 Å². The number of methoxy groups -OCH3 is 1. The van der Waals surface area contributed by atoms with Gasteiger partial charge in [0, 0.05) is 19.8 Å². The molecule has 0 unspecified atom stereocenters. The van der Waals surface area contributed by atoms with Crippen molar-refractivity contribution in [1.82, 2.24) is 9.03 Å². The fourth-order valence-electron chi connectivity index (χ4n) is 1.30. The molecule has 2 N–H and O–H groups in total. The van der Waals surface area contributed by atoms with Gasteiger partial charge in [0.05, 0.1) is 19.2 Å². The van der Waals surface area contributed by atoms with Crippen LogP contribution in [-0.2, 0) is 19.7 Å². The van der Waals surface area contributed by atoms with Gasteiger partial charge in [-0.3, -0.25) is 4.79 Å². The molecule has 116 valence electrons. The summed E-state index contributed by atoms with van der Waals surface area (Å²) in [5.74, 6) is -1.00. The molecule has 9 heteroatoms. The first-order valence-corrected chi connectivity index (χ1v) is 7.35. The summed E-state index contributed by atoms with van der Waals surface area (Å²) < 4.78 is 30.5. The molecule has 0 heterocycles. The maximum Gasteiger partial charge on any atom is 0.337 e. The molecule has 0 aromatic heterocycles. The lowest BCUT2D eigenvalue weighted by atomic mass is 10.2. The first-order chi connectivity index (χ1) is 9.76. The van der Waals surface area contributed by atoms with Gasteiger partial charge < -0.3 is 10.1 Å². The Balaban J connectivity index is 2.58. The fraction of sp³-hybridized carbons (Fsp3) is 0.333. The Bertz CT molecular complexity index is 610. The Hall–Kier alpha value is -1.97. The number of amides is 1. The molecular formula is C12H17N3O5S. The zero-order chi connectivity index (χ0) is 16.0. The van der Waals surface area contributed by atoms with Crippen molar-refractivity contribution < 1.29 is 22.7 Å². The van der Waals surface area contributed by atoms with E-state index < -0.39 is 22.1 Å². The number of benzene rings is 1. The number of esters is 1. The van der Waals surface area contributed by atoms with Crippen LogP contribution >= 0.6 is 0 Å². The number of nitrogens with one attached hydrogen (secondary N) is 2. The highest BCUT2D eigenvalue weighted by atomic mass is 32.2. The smallest absolute Gasteiger partial charge is 0.337 e. The number of hydrogen-bond donors (Lipinski definition) is 2. The van der Waals surface area contributed by atoms with E-state index in [4.69, 9.17) is 0 Å². The highest BCUT2D eigenvalue weighted by Gasteiger charge is 2.14. The Morgan fingerprint density at radius 3 is 2.24 bits per heavy atom.